The molecular weight excluding hydrogens is 278 g/mol. The second kappa shape index (κ2) is 7.24. The molecule has 1 rings (SSSR count). The quantitative estimate of drug-likeness (QED) is 0.844. The van der Waals surface area contributed by atoms with Crippen LogP contribution in [0.25, 0.3) is 0 Å². The Morgan fingerprint density at radius 2 is 2.05 bits per heavy atom. The van der Waals surface area contributed by atoms with Crippen LogP contribution in [0.5, 0.6) is 0 Å². The maximum atomic E-state index is 12.1. The number of nitrogens with zero attached hydrogens (tertiary/aromatic N) is 2. The van der Waals surface area contributed by atoms with Crippen LogP contribution in [-0.2, 0) is 11.2 Å². The summed E-state index contributed by atoms with van der Waals surface area (Å²) in [5, 5.41) is 2.95. The molecule has 20 heavy (non-hydrogen) atoms. The highest BCUT2D eigenvalue weighted by Gasteiger charge is 2.19. The van der Waals surface area contributed by atoms with Gasteiger partial charge in [-0.05, 0) is 32.4 Å². The molecule has 0 fully saturated rings. The van der Waals surface area contributed by atoms with E-state index < -0.39 is 6.04 Å². The maximum Gasteiger partial charge on any atom is 0.252 e. The lowest BCUT2D eigenvalue weighted by Gasteiger charge is -2.20. The number of halogens is 1. The van der Waals surface area contributed by atoms with E-state index in [1.807, 2.05) is 13.8 Å². The van der Waals surface area contributed by atoms with E-state index in [4.69, 9.17) is 11.6 Å². The highest BCUT2D eigenvalue weighted by atomic mass is 35.5. The fourth-order valence-corrected chi connectivity index (χ4v) is 1.92. The van der Waals surface area contributed by atoms with E-state index in [-0.39, 0.29) is 17.0 Å². The van der Waals surface area contributed by atoms with E-state index in [2.05, 4.69) is 10.3 Å². The standard InChI is InChI=1S/C14H20ClN3O2/c1-5-11-7-10(8-12(15)17-11)13(19)16-9(3)14(20)18(4)6-2/h7-9H,5-6H2,1-4H3,(H,16,19). The zero-order valence-electron chi connectivity index (χ0n) is 12.2. The molecule has 110 valence electrons. The van der Waals surface area contributed by atoms with E-state index in [9.17, 15) is 9.59 Å². The minimum atomic E-state index is -0.579. The van der Waals surface area contributed by atoms with E-state index in [0.29, 0.717) is 18.5 Å². The zero-order valence-corrected chi connectivity index (χ0v) is 13.0. The van der Waals surface area contributed by atoms with E-state index in [1.165, 1.54) is 6.07 Å². The molecule has 1 N–H and O–H groups in total. The van der Waals surface area contributed by atoms with E-state index >= 15 is 0 Å². The fourth-order valence-electron chi connectivity index (χ4n) is 1.69. The molecule has 1 aromatic rings. The van der Waals surface area contributed by atoms with Crippen molar-refractivity contribution in [1.82, 2.24) is 15.2 Å². The fraction of sp³-hybridized carbons (Fsp3) is 0.500. The topological polar surface area (TPSA) is 62.3 Å². The Balaban J connectivity index is 2.81. The summed E-state index contributed by atoms with van der Waals surface area (Å²) < 4.78 is 0. The van der Waals surface area contributed by atoms with Crippen molar-refractivity contribution in [3.05, 3.63) is 28.5 Å². The Hall–Kier alpha value is -1.62. The summed E-state index contributed by atoms with van der Waals surface area (Å²) in [6, 6.07) is 2.60. The van der Waals surface area contributed by atoms with Crippen molar-refractivity contribution >= 4 is 23.4 Å². The Morgan fingerprint density at radius 1 is 1.40 bits per heavy atom. The lowest BCUT2D eigenvalue weighted by atomic mass is 10.1. The molecule has 5 nitrogen and oxygen atoms in total. The lowest BCUT2D eigenvalue weighted by Crippen LogP contribution is -2.45. The molecule has 1 aromatic heterocycles. The molecular formula is C14H20ClN3O2. The van der Waals surface area contributed by atoms with Gasteiger partial charge < -0.3 is 10.2 Å². The van der Waals surface area contributed by atoms with Gasteiger partial charge in [-0.25, -0.2) is 4.98 Å². The van der Waals surface area contributed by atoms with Gasteiger partial charge in [0.1, 0.15) is 11.2 Å². The smallest absolute Gasteiger partial charge is 0.252 e. The predicted octanol–water partition coefficient (Wildman–Crippen LogP) is 1.89. The summed E-state index contributed by atoms with van der Waals surface area (Å²) in [6.07, 6.45) is 0.688. The normalized spacial score (nSPS) is 11.8. The van der Waals surface area contributed by atoms with Gasteiger partial charge in [-0.2, -0.15) is 0 Å². The number of hydrogen-bond acceptors (Lipinski definition) is 3. The number of aryl methyl sites for hydroxylation is 1. The summed E-state index contributed by atoms with van der Waals surface area (Å²) in [4.78, 5) is 29.7. The maximum absolute atomic E-state index is 12.1. The Labute approximate surface area is 124 Å². The van der Waals surface area contributed by atoms with Gasteiger partial charge in [-0.3, -0.25) is 9.59 Å². The molecule has 1 unspecified atom stereocenters. The van der Waals surface area contributed by atoms with Crippen LogP contribution in [0.3, 0.4) is 0 Å². The average molecular weight is 298 g/mol. The number of amides is 2. The van der Waals surface area contributed by atoms with Gasteiger partial charge in [0.25, 0.3) is 5.91 Å². The number of pyridine rings is 1. The van der Waals surface area contributed by atoms with Crippen LogP contribution in [0.4, 0.5) is 0 Å². The molecule has 0 radical (unpaired) electrons. The largest absolute Gasteiger partial charge is 0.344 e. The second-order valence-corrected chi connectivity index (χ2v) is 4.96. The summed E-state index contributed by atoms with van der Waals surface area (Å²) in [5.41, 5.74) is 1.16. The minimum absolute atomic E-state index is 0.128. The van der Waals surface area contributed by atoms with Crippen molar-refractivity contribution in [2.24, 2.45) is 0 Å². The molecule has 0 aliphatic heterocycles. The van der Waals surface area contributed by atoms with Gasteiger partial charge in [0, 0.05) is 24.8 Å². The van der Waals surface area contributed by atoms with Gasteiger partial charge >= 0.3 is 0 Å². The van der Waals surface area contributed by atoms with Gasteiger partial charge in [0.05, 0.1) is 0 Å². The molecule has 0 aliphatic rings. The minimum Gasteiger partial charge on any atom is -0.344 e. The van der Waals surface area contributed by atoms with Crippen molar-refractivity contribution in [3.63, 3.8) is 0 Å². The summed E-state index contributed by atoms with van der Waals surface area (Å²) >= 11 is 5.88. The first-order valence-corrected chi connectivity index (χ1v) is 6.99. The van der Waals surface area contributed by atoms with Gasteiger partial charge in [-0.15, -0.1) is 0 Å². The van der Waals surface area contributed by atoms with Crippen molar-refractivity contribution in [2.45, 2.75) is 33.2 Å². The van der Waals surface area contributed by atoms with Crippen LogP contribution in [0.1, 0.15) is 36.8 Å². The van der Waals surface area contributed by atoms with E-state index in [0.717, 1.165) is 5.69 Å². The molecule has 0 saturated heterocycles. The first-order chi connectivity index (χ1) is 9.38. The average Bonchev–Trinajstić information content (AvgIpc) is 2.44. The van der Waals surface area contributed by atoms with Crippen LogP contribution in [0, 0.1) is 0 Å². The lowest BCUT2D eigenvalue weighted by molar-refractivity contribution is -0.131. The Morgan fingerprint density at radius 3 is 2.60 bits per heavy atom. The first kappa shape index (κ1) is 16.4. The number of aromatic nitrogens is 1. The van der Waals surface area contributed by atoms with Crippen LogP contribution in [0.15, 0.2) is 12.1 Å². The third-order valence-electron chi connectivity index (χ3n) is 3.04. The highest BCUT2D eigenvalue weighted by molar-refractivity contribution is 6.29. The molecule has 0 saturated carbocycles. The number of nitrogens with one attached hydrogen (secondary N) is 1. The molecule has 2 amide bonds. The monoisotopic (exact) mass is 297 g/mol. The molecule has 0 spiro atoms. The third kappa shape index (κ3) is 4.20. The first-order valence-electron chi connectivity index (χ1n) is 6.61. The van der Waals surface area contributed by atoms with E-state index in [1.54, 1.807) is 24.9 Å². The van der Waals surface area contributed by atoms with Crippen LogP contribution in [-0.4, -0.2) is 41.3 Å². The number of carbonyl (C=O) groups excluding carboxylic acids is 2. The van der Waals surface area contributed by atoms with Crippen LogP contribution < -0.4 is 5.32 Å². The Bertz CT molecular complexity index is 505. The molecule has 1 atom stereocenters. The predicted molar refractivity (Wildman–Crippen MR) is 78.9 cm³/mol. The molecule has 6 heteroatoms. The zero-order chi connectivity index (χ0) is 15.3. The van der Waals surface area contributed by atoms with Crippen molar-refractivity contribution in [2.75, 3.05) is 13.6 Å². The third-order valence-corrected chi connectivity index (χ3v) is 3.23. The number of hydrogen-bond donors (Lipinski definition) is 1. The van der Waals surface area contributed by atoms with Crippen molar-refractivity contribution in [3.8, 4) is 0 Å². The number of rotatable bonds is 5. The van der Waals surface area contributed by atoms with Crippen molar-refractivity contribution < 1.29 is 9.59 Å². The molecule has 0 aromatic carbocycles. The molecule has 0 aliphatic carbocycles. The summed E-state index contributed by atoms with van der Waals surface area (Å²) in [6.45, 7) is 6.07. The van der Waals surface area contributed by atoms with Crippen LogP contribution in [0.2, 0.25) is 5.15 Å². The number of likely N-dealkylation sites (N-methyl/N-ethyl adjacent to an activating group) is 1. The van der Waals surface area contributed by atoms with Crippen molar-refractivity contribution in [1.29, 1.82) is 0 Å². The summed E-state index contributed by atoms with van der Waals surface area (Å²) in [7, 11) is 1.70. The Kier molecular flexibility index (Phi) is 5.95. The number of carbonyl (C=O) groups is 2. The SMILES string of the molecule is CCc1cc(C(=O)NC(C)C(=O)N(C)CC)cc(Cl)n1. The molecule has 1 heterocycles. The van der Waals surface area contributed by atoms with Gasteiger partial charge in [0.15, 0.2) is 0 Å². The summed E-state index contributed by atoms with van der Waals surface area (Å²) in [5.74, 6) is -0.453. The van der Waals surface area contributed by atoms with Gasteiger partial charge in [-0.1, -0.05) is 18.5 Å². The molecule has 0 bridgehead atoms. The highest BCUT2D eigenvalue weighted by Crippen LogP contribution is 2.11. The van der Waals surface area contributed by atoms with Crippen LogP contribution >= 0.6 is 11.6 Å². The van der Waals surface area contributed by atoms with Gasteiger partial charge in [0.2, 0.25) is 5.91 Å². The second-order valence-electron chi connectivity index (χ2n) is 4.57.